The monoisotopic (exact) mass is 382 g/mol. The molecule has 27 heavy (non-hydrogen) atoms. The summed E-state index contributed by atoms with van der Waals surface area (Å²) in [6.45, 7) is 9.84. The summed E-state index contributed by atoms with van der Waals surface area (Å²) in [7, 11) is -2.45. The smallest absolute Gasteiger partial charge is 0.261 e. The van der Waals surface area contributed by atoms with Crippen molar-refractivity contribution >= 4 is 18.7 Å². The summed E-state index contributed by atoms with van der Waals surface area (Å²) in [4.78, 5) is 0. The van der Waals surface area contributed by atoms with E-state index >= 15 is 0 Å². The fourth-order valence-corrected chi connectivity index (χ4v) is 9.18. The van der Waals surface area contributed by atoms with Gasteiger partial charge in [-0.3, -0.25) is 0 Å². The molecular formula is C24H34O2Si. The lowest BCUT2D eigenvalue weighted by molar-refractivity contribution is 0.0380. The van der Waals surface area contributed by atoms with Crippen molar-refractivity contribution in [3.8, 4) is 0 Å². The molecule has 2 nitrogen and oxygen atoms in total. The topological polar surface area (TPSA) is 29.5 Å². The first-order valence-corrected chi connectivity index (χ1v) is 12.2. The zero-order valence-corrected chi connectivity index (χ0v) is 18.2. The lowest BCUT2D eigenvalue weighted by Crippen LogP contribution is -2.67. The highest BCUT2D eigenvalue weighted by Gasteiger charge is 2.50. The Hall–Kier alpha value is -1.42. The van der Waals surface area contributed by atoms with Crippen molar-refractivity contribution in [1.82, 2.24) is 0 Å². The molecule has 3 atom stereocenters. The van der Waals surface area contributed by atoms with Gasteiger partial charge in [0.15, 0.2) is 0 Å². The standard InChI is InChI=1S/C24H34O2Si/c1-19-15-16-20(17-23(19)25)18-26-27(24(2,3)4,21-11-7-5-8-12-21)22-13-9-6-10-14-22/h5-14,19-20,23,25H,15-18H2,1-4H3. The van der Waals surface area contributed by atoms with Crippen LogP contribution in [-0.4, -0.2) is 26.1 Å². The van der Waals surface area contributed by atoms with Gasteiger partial charge in [0.05, 0.1) is 6.10 Å². The van der Waals surface area contributed by atoms with Gasteiger partial charge in [0.2, 0.25) is 0 Å². The van der Waals surface area contributed by atoms with E-state index in [0.717, 1.165) is 25.9 Å². The fourth-order valence-electron chi connectivity index (χ4n) is 4.54. The quantitative estimate of drug-likeness (QED) is 0.779. The van der Waals surface area contributed by atoms with Gasteiger partial charge in [0.25, 0.3) is 8.32 Å². The van der Waals surface area contributed by atoms with Crippen molar-refractivity contribution in [2.45, 2.75) is 58.1 Å². The van der Waals surface area contributed by atoms with Gasteiger partial charge in [-0.1, -0.05) is 88.4 Å². The highest BCUT2D eigenvalue weighted by Crippen LogP contribution is 2.38. The van der Waals surface area contributed by atoms with Crippen LogP contribution in [0.5, 0.6) is 0 Å². The molecule has 2 aromatic rings. The molecule has 0 radical (unpaired) electrons. The van der Waals surface area contributed by atoms with E-state index in [2.05, 4.69) is 88.4 Å². The molecule has 0 aliphatic heterocycles. The second-order valence-electron chi connectivity index (χ2n) is 9.20. The third-order valence-electron chi connectivity index (χ3n) is 6.21. The maximum Gasteiger partial charge on any atom is 0.261 e. The van der Waals surface area contributed by atoms with E-state index in [0.29, 0.717) is 11.8 Å². The Bertz CT molecular complexity index is 669. The largest absolute Gasteiger partial charge is 0.407 e. The predicted molar refractivity (Wildman–Crippen MR) is 116 cm³/mol. The maximum atomic E-state index is 10.3. The van der Waals surface area contributed by atoms with E-state index in [1.807, 2.05) is 0 Å². The van der Waals surface area contributed by atoms with Crippen LogP contribution in [-0.2, 0) is 4.43 Å². The van der Waals surface area contributed by atoms with Crippen LogP contribution >= 0.6 is 0 Å². The summed E-state index contributed by atoms with van der Waals surface area (Å²) in [6.07, 6.45) is 2.91. The van der Waals surface area contributed by atoms with Crippen molar-refractivity contribution in [3.63, 3.8) is 0 Å². The zero-order valence-electron chi connectivity index (χ0n) is 17.2. The molecule has 2 aromatic carbocycles. The second-order valence-corrected chi connectivity index (χ2v) is 13.5. The number of aliphatic hydroxyl groups excluding tert-OH is 1. The van der Waals surface area contributed by atoms with Crippen molar-refractivity contribution < 1.29 is 9.53 Å². The van der Waals surface area contributed by atoms with E-state index in [1.54, 1.807) is 0 Å². The third-order valence-corrected chi connectivity index (χ3v) is 11.2. The molecule has 0 saturated heterocycles. The molecular weight excluding hydrogens is 348 g/mol. The van der Waals surface area contributed by atoms with Crippen LogP contribution in [0.15, 0.2) is 60.7 Å². The molecule has 3 unspecified atom stereocenters. The summed E-state index contributed by atoms with van der Waals surface area (Å²) in [5.74, 6) is 0.854. The Balaban J connectivity index is 1.97. The van der Waals surface area contributed by atoms with Gasteiger partial charge in [-0.15, -0.1) is 0 Å². The van der Waals surface area contributed by atoms with E-state index in [-0.39, 0.29) is 11.1 Å². The molecule has 1 aliphatic carbocycles. The molecule has 0 spiro atoms. The van der Waals surface area contributed by atoms with Crippen molar-refractivity contribution in [3.05, 3.63) is 60.7 Å². The normalized spacial score (nSPS) is 24.0. The first-order valence-electron chi connectivity index (χ1n) is 10.3. The van der Waals surface area contributed by atoms with E-state index in [4.69, 9.17) is 4.43 Å². The molecule has 0 amide bonds. The Morgan fingerprint density at radius 1 is 0.926 bits per heavy atom. The summed E-state index contributed by atoms with van der Waals surface area (Å²) in [5.41, 5.74) is 0. The maximum absolute atomic E-state index is 10.3. The highest BCUT2D eigenvalue weighted by molar-refractivity contribution is 6.99. The van der Waals surface area contributed by atoms with E-state index < -0.39 is 8.32 Å². The fraction of sp³-hybridized carbons (Fsp3) is 0.500. The SMILES string of the molecule is CC1CCC(CO[Si](c2ccccc2)(c2ccccc2)C(C)(C)C)CC1O. The van der Waals surface area contributed by atoms with Gasteiger partial charge in [-0.25, -0.2) is 0 Å². The Morgan fingerprint density at radius 3 is 1.89 bits per heavy atom. The van der Waals surface area contributed by atoms with Crippen LogP contribution in [0.1, 0.15) is 47.0 Å². The van der Waals surface area contributed by atoms with Crippen molar-refractivity contribution in [2.24, 2.45) is 11.8 Å². The second kappa shape index (κ2) is 8.30. The van der Waals surface area contributed by atoms with Gasteiger partial charge in [0.1, 0.15) is 0 Å². The van der Waals surface area contributed by atoms with E-state index in [1.165, 1.54) is 10.4 Å². The van der Waals surface area contributed by atoms with Crippen LogP contribution in [0.3, 0.4) is 0 Å². The molecule has 1 saturated carbocycles. The zero-order chi connectivity index (χ0) is 19.5. The van der Waals surface area contributed by atoms with Crippen LogP contribution < -0.4 is 10.4 Å². The van der Waals surface area contributed by atoms with Crippen LogP contribution in [0.4, 0.5) is 0 Å². The summed E-state index contributed by atoms with van der Waals surface area (Å²) >= 11 is 0. The van der Waals surface area contributed by atoms with Gasteiger partial charge in [-0.2, -0.15) is 0 Å². The minimum atomic E-state index is -2.45. The van der Waals surface area contributed by atoms with Crippen molar-refractivity contribution in [2.75, 3.05) is 6.61 Å². The molecule has 0 bridgehead atoms. The average molecular weight is 383 g/mol. The molecule has 0 aromatic heterocycles. The average Bonchev–Trinajstić information content (AvgIpc) is 2.66. The molecule has 3 rings (SSSR count). The van der Waals surface area contributed by atoms with Crippen molar-refractivity contribution in [1.29, 1.82) is 0 Å². The minimum Gasteiger partial charge on any atom is -0.407 e. The lowest BCUT2D eigenvalue weighted by Gasteiger charge is -2.44. The summed E-state index contributed by atoms with van der Waals surface area (Å²) in [5, 5.41) is 13.0. The Kier molecular flexibility index (Phi) is 6.24. The summed E-state index contributed by atoms with van der Waals surface area (Å²) in [6, 6.07) is 21.6. The first kappa shape index (κ1) is 20.3. The van der Waals surface area contributed by atoms with Gasteiger partial charge in [0, 0.05) is 6.61 Å². The third kappa shape index (κ3) is 4.21. The van der Waals surface area contributed by atoms with Crippen LogP contribution in [0.2, 0.25) is 5.04 Å². The number of benzene rings is 2. The number of hydrogen-bond acceptors (Lipinski definition) is 2. The predicted octanol–water partition coefficient (Wildman–Crippen LogP) is 4.36. The van der Waals surface area contributed by atoms with Crippen LogP contribution in [0, 0.1) is 11.8 Å². The number of aliphatic hydroxyl groups is 1. The first-order chi connectivity index (χ1) is 12.8. The van der Waals surface area contributed by atoms with Crippen LogP contribution in [0.25, 0.3) is 0 Å². The molecule has 1 aliphatic rings. The van der Waals surface area contributed by atoms with E-state index in [9.17, 15) is 5.11 Å². The van der Waals surface area contributed by atoms with Gasteiger partial charge in [-0.05, 0) is 46.5 Å². The molecule has 1 N–H and O–H groups in total. The van der Waals surface area contributed by atoms with Gasteiger partial charge < -0.3 is 9.53 Å². The van der Waals surface area contributed by atoms with Gasteiger partial charge >= 0.3 is 0 Å². The number of rotatable bonds is 5. The highest BCUT2D eigenvalue weighted by atomic mass is 28.4. The summed E-state index contributed by atoms with van der Waals surface area (Å²) < 4.78 is 7.02. The molecule has 1 fully saturated rings. The minimum absolute atomic E-state index is 0.0102. The lowest BCUT2D eigenvalue weighted by atomic mass is 9.81. The Morgan fingerprint density at radius 2 is 1.44 bits per heavy atom. The molecule has 3 heteroatoms. The molecule has 0 heterocycles. The Labute approximate surface area is 165 Å². The number of hydrogen-bond donors (Lipinski definition) is 1. The molecule has 146 valence electrons.